The van der Waals surface area contributed by atoms with Crippen LogP contribution in [0.4, 0.5) is 4.79 Å². The molecule has 42 heavy (non-hydrogen) atoms. The second kappa shape index (κ2) is 13.4. The lowest BCUT2D eigenvalue weighted by molar-refractivity contribution is -0.142. The summed E-state index contributed by atoms with van der Waals surface area (Å²) in [6, 6.07) is 20.8. The zero-order valence-electron chi connectivity index (χ0n) is 24.7. The van der Waals surface area contributed by atoms with Crippen molar-refractivity contribution in [3.8, 4) is 16.9 Å². The van der Waals surface area contributed by atoms with E-state index in [1.165, 1.54) is 0 Å². The molecule has 0 saturated heterocycles. The van der Waals surface area contributed by atoms with Gasteiger partial charge in [-0.1, -0.05) is 43.3 Å². The summed E-state index contributed by atoms with van der Waals surface area (Å²) < 4.78 is 22.7. The summed E-state index contributed by atoms with van der Waals surface area (Å²) in [5.74, 6) is 0.494. The molecule has 1 N–H and O–H groups in total. The quantitative estimate of drug-likeness (QED) is 0.148. The van der Waals surface area contributed by atoms with E-state index in [2.05, 4.69) is 5.32 Å². The molecule has 0 aliphatic heterocycles. The lowest BCUT2D eigenvalue weighted by Gasteiger charge is -2.19. The SMILES string of the molecule is CCOC(=O)Cc1ccccc1OCc1cc(-c2cccc(CNC(=O)OC(C)(C)C)c2)c2oc(C(=O)CC)cc2c1. The van der Waals surface area contributed by atoms with E-state index in [9.17, 15) is 14.4 Å². The van der Waals surface area contributed by atoms with Crippen molar-refractivity contribution in [2.24, 2.45) is 0 Å². The molecule has 3 aromatic carbocycles. The number of carbonyl (C=O) groups excluding carboxylic acids is 3. The molecule has 220 valence electrons. The van der Waals surface area contributed by atoms with Gasteiger partial charge in [-0.3, -0.25) is 9.59 Å². The molecule has 0 radical (unpaired) electrons. The van der Waals surface area contributed by atoms with Gasteiger partial charge in [-0.15, -0.1) is 0 Å². The number of nitrogens with one attached hydrogen (secondary N) is 1. The minimum atomic E-state index is -0.591. The molecule has 1 aromatic heterocycles. The number of ketones is 1. The Kier molecular flexibility index (Phi) is 9.68. The van der Waals surface area contributed by atoms with Crippen molar-refractivity contribution in [3.63, 3.8) is 0 Å². The fourth-order valence-corrected chi connectivity index (χ4v) is 4.48. The third kappa shape index (κ3) is 8.00. The Morgan fingerprint density at radius 1 is 0.905 bits per heavy atom. The minimum Gasteiger partial charge on any atom is -0.489 e. The highest BCUT2D eigenvalue weighted by atomic mass is 16.6. The highest BCUT2D eigenvalue weighted by Crippen LogP contribution is 2.34. The summed E-state index contributed by atoms with van der Waals surface area (Å²) in [6.07, 6.45) is -0.0527. The van der Waals surface area contributed by atoms with Crippen molar-refractivity contribution in [1.82, 2.24) is 5.32 Å². The molecule has 0 atom stereocenters. The van der Waals surface area contributed by atoms with Crippen LogP contribution in [0.5, 0.6) is 5.75 Å². The first kappa shape index (κ1) is 30.4. The summed E-state index contributed by atoms with van der Waals surface area (Å²) >= 11 is 0. The molecule has 4 rings (SSSR count). The number of hydrogen-bond acceptors (Lipinski definition) is 7. The number of amides is 1. The van der Waals surface area contributed by atoms with E-state index in [0.717, 1.165) is 33.2 Å². The smallest absolute Gasteiger partial charge is 0.407 e. The number of esters is 1. The Balaban J connectivity index is 1.64. The largest absolute Gasteiger partial charge is 0.489 e. The standard InChI is InChI=1S/C34H37NO7/c1-6-28(36)30-18-26-16-23(21-40-29-14-9-8-12-25(29)19-31(37)39-7-2)17-27(32(26)41-30)24-13-10-11-22(15-24)20-35-33(38)42-34(3,4)5/h8-18H,6-7,19-21H2,1-5H3,(H,35,38). The number of para-hydroxylation sites is 1. The molecule has 1 amide bonds. The summed E-state index contributed by atoms with van der Waals surface area (Å²) in [7, 11) is 0. The third-order valence-electron chi connectivity index (χ3n) is 6.35. The predicted octanol–water partition coefficient (Wildman–Crippen LogP) is 7.40. The van der Waals surface area contributed by atoms with Gasteiger partial charge >= 0.3 is 12.1 Å². The number of Topliss-reactive ketones (excluding diaryl/α,β-unsaturated/α-hetero) is 1. The molecular weight excluding hydrogens is 534 g/mol. The van der Waals surface area contributed by atoms with E-state index in [-0.39, 0.29) is 31.3 Å². The van der Waals surface area contributed by atoms with Crippen LogP contribution in [0, 0.1) is 0 Å². The van der Waals surface area contributed by atoms with E-state index in [0.29, 0.717) is 30.1 Å². The molecule has 8 nitrogen and oxygen atoms in total. The third-order valence-corrected chi connectivity index (χ3v) is 6.35. The number of alkyl carbamates (subject to hydrolysis) is 1. The first-order valence-corrected chi connectivity index (χ1v) is 14.1. The van der Waals surface area contributed by atoms with Crippen LogP contribution in [0.1, 0.15) is 68.3 Å². The highest BCUT2D eigenvalue weighted by Gasteiger charge is 2.18. The van der Waals surface area contributed by atoms with Gasteiger partial charge in [0.2, 0.25) is 0 Å². The van der Waals surface area contributed by atoms with Gasteiger partial charge in [0.1, 0.15) is 23.5 Å². The average molecular weight is 572 g/mol. The highest BCUT2D eigenvalue weighted by molar-refractivity contribution is 6.01. The number of benzene rings is 3. The lowest BCUT2D eigenvalue weighted by Crippen LogP contribution is -2.32. The van der Waals surface area contributed by atoms with E-state index in [1.54, 1.807) is 19.9 Å². The number of hydrogen-bond donors (Lipinski definition) is 1. The summed E-state index contributed by atoms with van der Waals surface area (Å²) in [5, 5.41) is 3.57. The predicted molar refractivity (Wildman–Crippen MR) is 160 cm³/mol. The maximum absolute atomic E-state index is 12.5. The summed E-state index contributed by atoms with van der Waals surface area (Å²) in [5.41, 5.74) is 4.12. The number of furan rings is 1. The van der Waals surface area contributed by atoms with Gasteiger partial charge in [-0.05, 0) is 74.7 Å². The van der Waals surface area contributed by atoms with Crippen LogP contribution in [-0.4, -0.2) is 30.1 Å². The van der Waals surface area contributed by atoms with Crippen molar-refractivity contribution in [2.45, 2.75) is 66.2 Å². The van der Waals surface area contributed by atoms with Crippen molar-refractivity contribution in [1.29, 1.82) is 0 Å². The summed E-state index contributed by atoms with van der Waals surface area (Å²) in [6.45, 7) is 9.84. The van der Waals surface area contributed by atoms with Crippen molar-refractivity contribution in [2.75, 3.05) is 6.61 Å². The average Bonchev–Trinajstić information content (AvgIpc) is 3.38. The van der Waals surface area contributed by atoms with Gasteiger partial charge in [0.15, 0.2) is 11.5 Å². The van der Waals surface area contributed by atoms with Crippen LogP contribution in [0.3, 0.4) is 0 Å². The van der Waals surface area contributed by atoms with Crippen molar-refractivity contribution in [3.05, 3.63) is 89.2 Å². The molecule has 0 aliphatic rings. The molecule has 1 heterocycles. The van der Waals surface area contributed by atoms with Gasteiger partial charge in [-0.25, -0.2) is 4.79 Å². The molecule has 0 spiro atoms. The van der Waals surface area contributed by atoms with Gasteiger partial charge < -0.3 is 23.9 Å². The molecule has 0 fully saturated rings. The fraction of sp³-hybridized carbons (Fsp3) is 0.324. The second-order valence-electron chi connectivity index (χ2n) is 10.9. The maximum Gasteiger partial charge on any atom is 0.407 e. The number of ether oxygens (including phenoxy) is 3. The second-order valence-corrected chi connectivity index (χ2v) is 10.9. The van der Waals surface area contributed by atoms with Crippen molar-refractivity contribution >= 4 is 28.8 Å². The zero-order chi connectivity index (χ0) is 30.3. The van der Waals surface area contributed by atoms with Gasteiger partial charge in [0.05, 0.1) is 13.0 Å². The van der Waals surface area contributed by atoms with E-state index < -0.39 is 11.7 Å². The fourth-order valence-electron chi connectivity index (χ4n) is 4.48. The topological polar surface area (TPSA) is 104 Å². The molecule has 4 aromatic rings. The Hall–Kier alpha value is -4.59. The Labute approximate surface area is 246 Å². The maximum atomic E-state index is 12.5. The van der Waals surface area contributed by atoms with Crippen LogP contribution in [0.15, 0.2) is 71.1 Å². The lowest BCUT2D eigenvalue weighted by atomic mass is 9.99. The normalized spacial score (nSPS) is 11.3. The Morgan fingerprint density at radius 3 is 2.43 bits per heavy atom. The van der Waals surface area contributed by atoms with Gasteiger partial charge in [-0.2, -0.15) is 0 Å². The molecule has 0 saturated carbocycles. The van der Waals surface area contributed by atoms with Crippen LogP contribution < -0.4 is 10.1 Å². The van der Waals surface area contributed by atoms with E-state index in [4.69, 9.17) is 18.6 Å². The molecular formula is C34H37NO7. The molecule has 0 aliphatic carbocycles. The monoisotopic (exact) mass is 571 g/mol. The van der Waals surface area contributed by atoms with Crippen LogP contribution >= 0.6 is 0 Å². The number of rotatable bonds is 11. The number of fused-ring (bicyclic) bond motifs is 1. The van der Waals surface area contributed by atoms with Crippen LogP contribution in [0.25, 0.3) is 22.1 Å². The first-order valence-electron chi connectivity index (χ1n) is 14.1. The Bertz CT molecular complexity index is 1580. The van der Waals surface area contributed by atoms with Gasteiger partial charge in [0, 0.05) is 29.5 Å². The van der Waals surface area contributed by atoms with Crippen molar-refractivity contribution < 1.29 is 33.0 Å². The number of carbonyl (C=O) groups is 3. The minimum absolute atomic E-state index is 0.0850. The molecule has 0 unspecified atom stereocenters. The Morgan fingerprint density at radius 2 is 1.69 bits per heavy atom. The van der Waals surface area contributed by atoms with Gasteiger partial charge in [0.25, 0.3) is 0 Å². The first-order chi connectivity index (χ1) is 20.1. The molecule has 8 heteroatoms. The van der Waals surface area contributed by atoms with E-state index in [1.807, 2.05) is 81.4 Å². The zero-order valence-corrected chi connectivity index (χ0v) is 24.7. The van der Waals surface area contributed by atoms with Crippen LogP contribution in [0.2, 0.25) is 0 Å². The summed E-state index contributed by atoms with van der Waals surface area (Å²) in [4.78, 5) is 36.8. The van der Waals surface area contributed by atoms with Crippen LogP contribution in [-0.2, 0) is 33.8 Å². The molecule has 0 bridgehead atoms. The van der Waals surface area contributed by atoms with E-state index >= 15 is 0 Å².